The van der Waals surface area contributed by atoms with Crippen molar-refractivity contribution < 1.29 is 14.6 Å². The molecule has 0 amide bonds. The van der Waals surface area contributed by atoms with Crippen LogP contribution in [0.25, 0.3) is 0 Å². The molecule has 1 aromatic rings. The van der Waals surface area contributed by atoms with E-state index < -0.39 is 0 Å². The Bertz CT molecular complexity index is 308. The minimum Gasteiger partial charge on any atom is -0.496 e. The molecule has 0 fully saturated rings. The first-order valence-electron chi connectivity index (χ1n) is 4.56. The quantitative estimate of drug-likeness (QED) is 0.794. The first-order chi connectivity index (χ1) is 6.74. The number of benzene rings is 1. The van der Waals surface area contributed by atoms with Crippen LogP contribution in [0.2, 0.25) is 0 Å². The maximum Gasteiger partial charge on any atom is 0.128 e. The van der Waals surface area contributed by atoms with Gasteiger partial charge in [0.2, 0.25) is 0 Å². The lowest BCUT2D eigenvalue weighted by Gasteiger charge is -2.13. The fraction of sp³-hybridized carbons (Fsp3) is 0.455. The van der Waals surface area contributed by atoms with E-state index in [0.29, 0.717) is 6.42 Å². The van der Waals surface area contributed by atoms with E-state index in [9.17, 15) is 0 Å². The van der Waals surface area contributed by atoms with Crippen LogP contribution in [-0.4, -0.2) is 25.9 Å². The van der Waals surface area contributed by atoms with Crippen LogP contribution in [-0.2, 0) is 6.42 Å². The third-order valence-corrected chi connectivity index (χ3v) is 2.24. The number of aliphatic hydroxyl groups excluding tert-OH is 1. The molecule has 1 aromatic carbocycles. The Morgan fingerprint density at radius 2 is 1.93 bits per heavy atom. The SMILES string of the molecule is COc1ccc(CCO)c(OC)c1C. The van der Waals surface area contributed by atoms with Gasteiger partial charge in [0.15, 0.2) is 0 Å². The van der Waals surface area contributed by atoms with E-state index in [0.717, 1.165) is 22.6 Å². The van der Waals surface area contributed by atoms with E-state index in [-0.39, 0.29) is 6.61 Å². The summed E-state index contributed by atoms with van der Waals surface area (Å²) in [6.45, 7) is 2.07. The fourth-order valence-electron chi connectivity index (χ4n) is 1.55. The maximum absolute atomic E-state index is 8.87. The van der Waals surface area contributed by atoms with Crippen molar-refractivity contribution in [2.45, 2.75) is 13.3 Å². The molecule has 14 heavy (non-hydrogen) atoms. The van der Waals surface area contributed by atoms with Gasteiger partial charge in [0.25, 0.3) is 0 Å². The topological polar surface area (TPSA) is 38.7 Å². The summed E-state index contributed by atoms with van der Waals surface area (Å²) in [5, 5.41) is 8.87. The highest BCUT2D eigenvalue weighted by Gasteiger charge is 2.10. The predicted molar refractivity (Wildman–Crippen MR) is 55.1 cm³/mol. The van der Waals surface area contributed by atoms with Gasteiger partial charge in [-0.25, -0.2) is 0 Å². The third-order valence-electron chi connectivity index (χ3n) is 2.24. The number of methoxy groups -OCH3 is 2. The predicted octanol–water partition coefficient (Wildman–Crippen LogP) is 1.55. The highest BCUT2D eigenvalue weighted by atomic mass is 16.5. The minimum atomic E-state index is 0.127. The molecule has 0 heterocycles. The molecule has 0 aliphatic heterocycles. The number of ether oxygens (including phenoxy) is 2. The molecule has 0 atom stereocenters. The first kappa shape index (κ1) is 10.9. The lowest BCUT2D eigenvalue weighted by atomic mass is 10.1. The molecule has 0 radical (unpaired) electrons. The summed E-state index contributed by atoms with van der Waals surface area (Å²) in [7, 11) is 3.26. The van der Waals surface area contributed by atoms with Crippen LogP contribution in [0.15, 0.2) is 12.1 Å². The lowest BCUT2D eigenvalue weighted by Crippen LogP contribution is -1.99. The standard InChI is InChI=1S/C11H16O3/c1-8-10(13-2)5-4-9(6-7-12)11(8)14-3/h4-5,12H,6-7H2,1-3H3. The zero-order valence-electron chi connectivity index (χ0n) is 8.83. The van der Waals surface area contributed by atoms with Gasteiger partial charge in [-0.2, -0.15) is 0 Å². The highest BCUT2D eigenvalue weighted by molar-refractivity contribution is 5.49. The van der Waals surface area contributed by atoms with E-state index in [2.05, 4.69) is 0 Å². The van der Waals surface area contributed by atoms with Crippen molar-refractivity contribution in [3.05, 3.63) is 23.3 Å². The van der Waals surface area contributed by atoms with Crippen LogP contribution in [0.3, 0.4) is 0 Å². The van der Waals surface area contributed by atoms with Gasteiger partial charge >= 0.3 is 0 Å². The monoisotopic (exact) mass is 196 g/mol. The molecular formula is C11H16O3. The van der Waals surface area contributed by atoms with Crippen molar-refractivity contribution in [2.24, 2.45) is 0 Å². The molecule has 0 aromatic heterocycles. The van der Waals surface area contributed by atoms with Gasteiger partial charge in [-0.1, -0.05) is 6.07 Å². The van der Waals surface area contributed by atoms with Gasteiger partial charge in [0.1, 0.15) is 11.5 Å². The summed E-state index contributed by atoms with van der Waals surface area (Å²) in [4.78, 5) is 0. The molecule has 0 saturated heterocycles. The Kier molecular flexibility index (Phi) is 3.77. The minimum absolute atomic E-state index is 0.127. The average molecular weight is 196 g/mol. The Morgan fingerprint density at radius 3 is 2.43 bits per heavy atom. The largest absolute Gasteiger partial charge is 0.496 e. The molecule has 3 nitrogen and oxygen atoms in total. The van der Waals surface area contributed by atoms with Crippen molar-refractivity contribution >= 4 is 0 Å². The Hall–Kier alpha value is -1.22. The maximum atomic E-state index is 8.87. The summed E-state index contributed by atoms with van der Waals surface area (Å²) in [5.41, 5.74) is 1.98. The van der Waals surface area contributed by atoms with Gasteiger partial charge in [-0.15, -0.1) is 0 Å². The van der Waals surface area contributed by atoms with Crippen LogP contribution in [0.5, 0.6) is 11.5 Å². The number of rotatable bonds is 4. The number of hydrogen-bond acceptors (Lipinski definition) is 3. The van der Waals surface area contributed by atoms with Crippen LogP contribution in [0.1, 0.15) is 11.1 Å². The molecule has 0 saturated carbocycles. The molecule has 0 bridgehead atoms. The van der Waals surface area contributed by atoms with Crippen molar-refractivity contribution in [2.75, 3.05) is 20.8 Å². The summed E-state index contributed by atoms with van der Waals surface area (Å²) in [6.07, 6.45) is 0.605. The van der Waals surface area contributed by atoms with Crippen LogP contribution < -0.4 is 9.47 Å². The van der Waals surface area contributed by atoms with Gasteiger partial charge in [-0.3, -0.25) is 0 Å². The molecule has 0 aliphatic rings. The van der Waals surface area contributed by atoms with Gasteiger partial charge in [0, 0.05) is 12.2 Å². The first-order valence-corrected chi connectivity index (χ1v) is 4.56. The van der Waals surface area contributed by atoms with Crippen LogP contribution in [0, 0.1) is 6.92 Å². The highest BCUT2D eigenvalue weighted by Crippen LogP contribution is 2.31. The number of aliphatic hydroxyl groups is 1. The zero-order valence-corrected chi connectivity index (χ0v) is 8.83. The summed E-state index contributed by atoms with van der Waals surface area (Å²) in [6, 6.07) is 3.81. The summed E-state index contributed by atoms with van der Waals surface area (Å²) in [5.74, 6) is 1.61. The van der Waals surface area contributed by atoms with Crippen molar-refractivity contribution in [3.8, 4) is 11.5 Å². The molecule has 0 unspecified atom stereocenters. The molecule has 0 spiro atoms. The van der Waals surface area contributed by atoms with Crippen molar-refractivity contribution in [1.29, 1.82) is 0 Å². The Balaban J connectivity index is 3.14. The van der Waals surface area contributed by atoms with E-state index in [4.69, 9.17) is 14.6 Å². The average Bonchev–Trinajstić information content (AvgIpc) is 2.19. The number of hydrogen-bond donors (Lipinski definition) is 1. The van der Waals surface area contributed by atoms with Crippen LogP contribution in [0.4, 0.5) is 0 Å². The second kappa shape index (κ2) is 4.86. The molecule has 0 aliphatic carbocycles. The molecule has 3 heteroatoms. The van der Waals surface area contributed by atoms with Crippen molar-refractivity contribution in [1.82, 2.24) is 0 Å². The normalized spacial score (nSPS) is 10.0. The second-order valence-electron chi connectivity index (χ2n) is 3.06. The summed E-state index contributed by atoms with van der Waals surface area (Å²) < 4.78 is 10.5. The lowest BCUT2D eigenvalue weighted by molar-refractivity contribution is 0.296. The molecule has 1 rings (SSSR count). The van der Waals surface area contributed by atoms with Crippen LogP contribution >= 0.6 is 0 Å². The molecule has 78 valence electrons. The van der Waals surface area contributed by atoms with Crippen molar-refractivity contribution in [3.63, 3.8) is 0 Å². The smallest absolute Gasteiger partial charge is 0.128 e. The second-order valence-corrected chi connectivity index (χ2v) is 3.06. The van der Waals surface area contributed by atoms with E-state index in [1.54, 1.807) is 14.2 Å². The van der Waals surface area contributed by atoms with Gasteiger partial charge < -0.3 is 14.6 Å². The zero-order chi connectivity index (χ0) is 10.6. The Labute approximate surface area is 84.3 Å². The van der Waals surface area contributed by atoms with Gasteiger partial charge in [0.05, 0.1) is 14.2 Å². The van der Waals surface area contributed by atoms with E-state index >= 15 is 0 Å². The molecule has 1 N–H and O–H groups in total. The fourth-order valence-corrected chi connectivity index (χ4v) is 1.55. The van der Waals surface area contributed by atoms with Gasteiger partial charge in [-0.05, 0) is 25.0 Å². The van der Waals surface area contributed by atoms with E-state index in [1.807, 2.05) is 19.1 Å². The summed E-state index contributed by atoms with van der Waals surface area (Å²) >= 11 is 0. The molecular weight excluding hydrogens is 180 g/mol. The third kappa shape index (κ3) is 1.99. The van der Waals surface area contributed by atoms with E-state index in [1.165, 1.54) is 0 Å². The Morgan fingerprint density at radius 1 is 1.21 bits per heavy atom.